The largest absolute Gasteiger partial charge is 0.476 e. The first kappa shape index (κ1) is 10.7. The summed E-state index contributed by atoms with van der Waals surface area (Å²) in [7, 11) is 0. The van der Waals surface area contributed by atoms with E-state index in [4.69, 9.17) is 5.11 Å². The van der Waals surface area contributed by atoms with Gasteiger partial charge in [-0.2, -0.15) is 4.39 Å². The Hall–Kier alpha value is -1.82. The molecule has 0 aromatic carbocycles. The summed E-state index contributed by atoms with van der Waals surface area (Å²) in [4.78, 5) is 18.8. The standard InChI is InChI=1S/C10H7FN2O2S/c1-5-8(16-9(13-5)10(14)15)6-2-3-7(11)12-4-6/h2-4H,1H3,(H,14,15). The lowest BCUT2D eigenvalue weighted by Gasteiger charge is -1.96. The fourth-order valence-corrected chi connectivity index (χ4v) is 2.16. The quantitative estimate of drug-likeness (QED) is 0.816. The van der Waals surface area contributed by atoms with E-state index in [1.807, 2.05) is 0 Å². The highest BCUT2D eigenvalue weighted by atomic mass is 32.1. The van der Waals surface area contributed by atoms with Crippen molar-refractivity contribution in [1.82, 2.24) is 9.97 Å². The third kappa shape index (κ3) is 1.92. The number of rotatable bonds is 2. The Morgan fingerprint density at radius 2 is 2.25 bits per heavy atom. The Kier molecular flexibility index (Phi) is 2.66. The summed E-state index contributed by atoms with van der Waals surface area (Å²) < 4.78 is 12.6. The van der Waals surface area contributed by atoms with E-state index in [1.165, 1.54) is 12.3 Å². The molecule has 4 nitrogen and oxygen atoms in total. The number of aryl methyl sites for hydroxylation is 1. The smallest absolute Gasteiger partial charge is 0.365 e. The molecule has 0 atom stereocenters. The van der Waals surface area contributed by atoms with E-state index >= 15 is 0 Å². The second-order valence-electron chi connectivity index (χ2n) is 3.11. The predicted octanol–water partition coefficient (Wildman–Crippen LogP) is 2.35. The third-order valence-electron chi connectivity index (χ3n) is 1.97. The highest BCUT2D eigenvalue weighted by molar-refractivity contribution is 7.17. The van der Waals surface area contributed by atoms with E-state index in [-0.39, 0.29) is 5.01 Å². The fraction of sp³-hybridized carbons (Fsp3) is 0.100. The number of carbonyl (C=O) groups is 1. The van der Waals surface area contributed by atoms with Crippen LogP contribution in [0.15, 0.2) is 18.3 Å². The van der Waals surface area contributed by atoms with Crippen LogP contribution in [0.1, 0.15) is 15.5 Å². The number of aromatic carboxylic acids is 1. The first-order chi connectivity index (χ1) is 7.58. The van der Waals surface area contributed by atoms with Crippen LogP contribution < -0.4 is 0 Å². The van der Waals surface area contributed by atoms with Crippen molar-refractivity contribution in [2.24, 2.45) is 0 Å². The van der Waals surface area contributed by atoms with Crippen molar-refractivity contribution < 1.29 is 14.3 Å². The van der Waals surface area contributed by atoms with Crippen LogP contribution >= 0.6 is 11.3 Å². The van der Waals surface area contributed by atoms with E-state index in [9.17, 15) is 9.18 Å². The number of pyridine rings is 1. The van der Waals surface area contributed by atoms with Crippen molar-refractivity contribution in [2.45, 2.75) is 6.92 Å². The summed E-state index contributed by atoms with van der Waals surface area (Å²) in [5, 5.41) is 8.81. The zero-order valence-electron chi connectivity index (χ0n) is 8.27. The van der Waals surface area contributed by atoms with E-state index < -0.39 is 11.9 Å². The number of thiazole rings is 1. The van der Waals surface area contributed by atoms with Crippen LogP contribution in [0.3, 0.4) is 0 Å². The topological polar surface area (TPSA) is 63.1 Å². The minimum absolute atomic E-state index is 0.0248. The number of carboxylic acid groups (broad SMARTS) is 1. The van der Waals surface area contributed by atoms with Crippen LogP contribution in [-0.2, 0) is 0 Å². The number of carboxylic acids is 1. The molecule has 0 aliphatic carbocycles. The highest BCUT2D eigenvalue weighted by Crippen LogP contribution is 2.29. The second-order valence-corrected chi connectivity index (χ2v) is 4.11. The minimum atomic E-state index is -1.06. The molecule has 16 heavy (non-hydrogen) atoms. The molecule has 2 aromatic heterocycles. The van der Waals surface area contributed by atoms with Crippen molar-refractivity contribution in [1.29, 1.82) is 0 Å². The summed E-state index contributed by atoms with van der Waals surface area (Å²) >= 11 is 1.05. The van der Waals surface area contributed by atoms with Crippen LogP contribution in [0.2, 0.25) is 0 Å². The van der Waals surface area contributed by atoms with Crippen molar-refractivity contribution >= 4 is 17.3 Å². The van der Waals surface area contributed by atoms with Gasteiger partial charge < -0.3 is 5.11 Å². The molecule has 2 aromatic rings. The third-order valence-corrected chi connectivity index (χ3v) is 3.16. The molecule has 0 saturated carbocycles. The highest BCUT2D eigenvalue weighted by Gasteiger charge is 2.14. The predicted molar refractivity (Wildman–Crippen MR) is 57.0 cm³/mol. The molecule has 0 aliphatic heterocycles. The first-order valence-corrected chi connectivity index (χ1v) is 5.22. The molecule has 0 unspecified atom stereocenters. The monoisotopic (exact) mass is 238 g/mol. The number of aromatic nitrogens is 2. The molecule has 0 saturated heterocycles. The lowest BCUT2D eigenvalue weighted by Crippen LogP contribution is -1.93. The Morgan fingerprint density at radius 3 is 2.75 bits per heavy atom. The molecule has 2 rings (SSSR count). The number of hydrogen-bond donors (Lipinski definition) is 1. The van der Waals surface area contributed by atoms with E-state index in [1.54, 1.807) is 13.0 Å². The van der Waals surface area contributed by atoms with Crippen molar-refractivity contribution in [3.63, 3.8) is 0 Å². The van der Waals surface area contributed by atoms with Gasteiger partial charge >= 0.3 is 5.97 Å². The van der Waals surface area contributed by atoms with Crippen molar-refractivity contribution in [3.8, 4) is 10.4 Å². The van der Waals surface area contributed by atoms with Crippen LogP contribution in [0.5, 0.6) is 0 Å². The van der Waals surface area contributed by atoms with Gasteiger partial charge in [0, 0.05) is 11.8 Å². The maximum atomic E-state index is 12.6. The van der Waals surface area contributed by atoms with Crippen molar-refractivity contribution in [3.05, 3.63) is 35.0 Å². The fourth-order valence-electron chi connectivity index (χ4n) is 1.27. The van der Waals surface area contributed by atoms with Gasteiger partial charge in [-0.3, -0.25) is 0 Å². The second kappa shape index (κ2) is 3.97. The van der Waals surface area contributed by atoms with Crippen molar-refractivity contribution in [2.75, 3.05) is 0 Å². The van der Waals surface area contributed by atoms with Gasteiger partial charge in [-0.1, -0.05) is 0 Å². The summed E-state index contributed by atoms with van der Waals surface area (Å²) in [6.07, 6.45) is 1.36. The van der Waals surface area contributed by atoms with Crippen LogP contribution in [0.25, 0.3) is 10.4 Å². The Balaban J connectivity index is 2.47. The van der Waals surface area contributed by atoms with Gasteiger partial charge in [0.25, 0.3) is 0 Å². The lowest BCUT2D eigenvalue weighted by molar-refractivity contribution is 0.0696. The summed E-state index contributed by atoms with van der Waals surface area (Å²) in [5.41, 5.74) is 1.28. The van der Waals surface area contributed by atoms with E-state index in [0.29, 0.717) is 16.1 Å². The van der Waals surface area contributed by atoms with E-state index in [2.05, 4.69) is 9.97 Å². The first-order valence-electron chi connectivity index (χ1n) is 4.40. The Bertz CT molecular complexity index is 536. The van der Waals surface area contributed by atoms with Gasteiger partial charge in [0.05, 0.1) is 10.6 Å². The minimum Gasteiger partial charge on any atom is -0.476 e. The van der Waals surface area contributed by atoms with Crippen LogP contribution in [0.4, 0.5) is 4.39 Å². The summed E-state index contributed by atoms with van der Waals surface area (Å²) in [6, 6.07) is 2.78. The van der Waals surface area contributed by atoms with Gasteiger partial charge in [-0.25, -0.2) is 14.8 Å². The van der Waals surface area contributed by atoms with Gasteiger partial charge in [0.15, 0.2) is 0 Å². The molecule has 0 aliphatic rings. The van der Waals surface area contributed by atoms with Crippen LogP contribution in [0, 0.1) is 12.9 Å². The molecule has 0 fully saturated rings. The average Bonchev–Trinajstić information content (AvgIpc) is 2.62. The molecule has 2 heterocycles. The van der Waals surface area contributed by atoms with Gasteiger partial charge in [-0.15, -0.1) is 11.3 Å². The molecule has 82 valence electrons. The number of hydrogen-bond acceptors (Lipinski definition) is 4. The van der Waals surface area contributed by atoms with Gasteiger partial charge in [0.1, 0.15) is 0 Å². The molecule has 0 spiro atoms. The molecular formula is C10H7FN2O2S. The number of halogens is 1. The molecular weight excluding hydrogens is 231 g/mol. The average molecular weight is 238 g/mol. The lowest BCUT2D eigenvalue weighted by atomic mass is 10.2. The maximum absolute atomic E-state index is 12.6. The Morgan fingerprint density at radius 1 is 1.50 bits per heavy atom. The molecule has 0 amide bonds. The maximum Gasteiger partial charge on any atom is 0.365 e. The van der Waals surface area contributed by atoms with Gasteiger partial charge in [0.2, 0.25) is 11.0 Å². The zero-order chi connectivity index (χ0) is 11.7. The molecule has 1 N–H and O–H groups in total. The van der Waals surface area contributed by atoms with Crippen LogP contribution in [-0.4, -0.2) is 21.0 Å². The molecule has 0 radical (unpaired) electrons. The zero-order valence-corrected chi connectivity index (χ0v) is 9.08. The van der Waals surface area contributed by atoms with E-state index in [0.717, 1.165) is 11.3 Å². The van der Waals surface area contributed by atoms with Gasteiger partial charge in [-0.05, 0) is 19.1 Å². The summed E-state index contributed by atoms with van der Waals surface area (Å²) in [5.74, 6) is -1.63. The number of nitrogens with zero attached hydrogens (tertiary/aromatic N) is 2. The Labute approximate surface area is 94.4 Å². The SMILES string of the molecule is Cc1nc(C(=O)O)sc1-c1ccc(F)nc1. The summed E-state index contributed by atoms with van der Waals surface area (Å²) in [6.45, 7) is 1.71. The molecule has 0 bridgehead atoms. The normalized spacial score (nSPS) is 10.4. The molecule has 6 heteroatoms.